The summed E-state index contributed by atoms with van der Waals surface area (Å²) in [6.07, 6.45) is 0.621. The Morgan fingerprint density at radius 1 is 1.15 bits per heavy atom. The molecule has 0 fully saturated rings. The summed E-state index contributed by atoms with van der Waals surface area (Å²) < 4.78 is 14.5. The molecule has 2 aromatic rings. The Kier molecular flexibility index (Phi) is 4.37. The van der Waals surface area contributed by atoms with E-state index in [-0.39, 0.29) is 18.5 Å². The lowest BCUT2D eigenvalue weighted by molar-refractivity contribution is -0.116. The van der Waals surface area contributed by atoms with Gasteiger partial charge in [-0.3, -0.25) is 14.4 Å². The molecule has 1 heterocycles. The van der Waals surface area contributed by atoms with Gasteiger partial charge in [0.05, 0.1) is 5.69 Å². The number of Topliss-reactive ketones (excluding diaryl/α,β-unsaturated/α-hetero) is 2. The van der Waals surface area contributed by atoms with Gasteiger partial charge in [-0.1, -0.05) is 0 Å². The molecule has 1 aliphatic carbocycles. The molecule has 0 saturated heterocycles. The summed E-state index contributed by atoms with van der Waals surface area (Å²) in [6.45, 7) is 0. The fourth-order valence-corrected chi connectivity index (χ4v) is 2.74. The van der Waals surface area contributed by atoms with E-state index in [1.54, 1.807) is 0 Å². The van der Waals surface area contributed by atoms with E-state index in [1.807, 2.05) is 0 Å². The van der Waals surface area contributed by atoms with Crippen molar-refractivity contribution in [1.82, 2.24) is 14.3 Å². The molecule has 0 radical (unpaired) electrons. The number of hydrogen-bond donors (Lipinski definition) is 1. The molecular weight excluding hydrogens is 345 g/mol. The Balaban J connectivity index is 2.23. The lowest BCUT2D eigenvalue weighted by atomic mass is 9.92. The van der Waals surface area contributed by atoms with Crippen LogP contribution in [0, 0.1) is 5.82 Å². The van der Waals surface area contributed by atoms with Crippen LogP contribution in [0.25, 0.3) is 5.69 Å². The van der Waals surface area contributed by atoms with Crippen molar-refractivity contribution in [2.75, 3.05) is 0 Å². The first-order valence-electron chi connectivity index (χ1n) is 7.77. The van der Waals surface area contributed by atoms with Crippen molar-refractivity contribution in [3.8, 4) is 5.69 Å². The summed E-state index contributed by atoms with van der Waals surface area (Å²) in [5.41, 5.74) is -3.00. The number of aryl methyl sites for hydroxylation is 1. The van der Waals surface area contributed by atoms with Crippen molar-refractivity contribution in [2.24, 2.45) is 7.05 Å². The van der Waals surface area contributed by atoms with Crippen LogP contribution in [0.15, 0.2) is 45.2 Å². The highest BCUT2D eigenvalue weighted by Gasteiger charge is 2.31. The minimum absolute atomic E-state index is 0.0432. The number of aromatic nitrogens is 3. The molecule has 26 heavy (non-hydrogen) atoms. The summed E-state index contributed by atoms with van der Waals surface area (Å²) in [5.74, 6) is -2.58. The smallest absolute Gasteiger partial charge is 0.351 e. The average molecular weight is 359 g/mol. The predicted octanol–water partition coefficient (Wildman–Crippen LogP) is 0.818. The fraction of sp³-hybridized carbons (Fsp3) is 0.235. The number of hydrogen-bond acceptors (Lipinski definition) is 6. The molecule has 0 amide bonds. The molecule has 0 aliphatic heterocycles. The number of halogens is 1. The SMILES string of the molecule is Cn1nc(C(=O)C2=C(O)CCCC2=O)c(=O)n(-c2ccc(F)cc2)c1=O. The lowest BCUT2D eigenvalue weighted by Gasteiger charge is -2.14. The van der Waals surface area contributed by atoms with Gasteiger partial charge < -0.3 is 5.11 Å². The minimum Gasteiger partial charge on any atom is -0.511 e. The van der Waals surface area contributed by atoms with Gasteiger partial charge in [0.1, 0.15) is 17.1 Å². The number of carbonyl (C=O) groups is 2. The highest BCUT2D eigenvalue weighted by molar-refractivity contribution is 6.26. The number of benzene rings is 1. The second-order valence-corrected chi connectivity index (χ2v) is 5.80. The number of ketones is 2. The van der Waals surface area contributed by atoms with Crippen LogP contribution in [0.5, 0.6) is 0 Å². The van der Waals surface area contributed by atoms with Gasteiger partial charge in [-0.2, -0.15) is 5.10 Å². The van der Waals surface area contributed by atoms with E-state index in [2.05, 4.69) is 5.10 Å². The Hall–Kier alpha value is -3.36. The summed E-state index contributed by atoms with van der Waals surface area (Å²) >= 11 is 0. The van der Waals surface area contributed by atoms with Crippen LogP contribution in [0.2, 0.25) is 0 Å². The average Bonchev–Trinajstić information content (AvgIpc) is 2.59. The van der Waals surface area contributed by atoms with Gasteiger partial charge in [0, 0.05) is 19.9 Å². The van der Waals surface area contributed by atoms with Gasteiger partial charge in [-0.25, -0.2) is 18.4 Å². The molecule has 1 aromatic heterocycles. The van der Waals surface area contributed by atoms with Gasteiger partial charge in [0.2, 0.25) is 5.78 Å². The highest BCUT2D eigenvalue weighted by Crippen LogP contribution is 2.22. The Bertz CT molecular complexity index is 1060. The molecule has 8 nitrogen and oxygen atoms in total. The van der Waals surface area contributed by atoms with Gasteiger partial charge in [0.15, 0.2) is 11.5 Å². The number of rotatable bonds is 3. The van der Waals surface area contributed by atoms with E-state index in [9.17, 15) is 28.7 Å². The van der Waals surface area contributed by atoms with E-state index < -0.39 is 45.7 Å². The third-order valence-corrected chi connectivity index (χ3v) is 4.04. The fourth-order valence-electron chi connectivity index (χ4n) is 2.74. The van der Waals surface area contributed by atoms with E-state index in [0.29, 0.717) is 11.0 Å². The van der Waals surface area contributed by atoms with Crippen molar-refractivity contribution in [2.45, 2.75) is 19.3 Å². The summed E-state index contributed by atoms with van der Waals surface area (Å²) in [6, 6.07) is 4.52. The predicted molar refractivity (Wildman–Crippen MR) is 87.9 cm³/mol. The van der Waals surface area contributed by atoms with Crippen LogP contribution < -0.4 is 11.2 Å². The lowest BCUT2D eigenvalue weighted by Crippen LogP contribution is -2.43. The molecule has 0 bridgehead atoms. The maximum atomic E-state index is 13.1. The largest absolute Gasteiger partial charge is 0.511 e. The van der Waals surface area contributed by atoms with Crippen LogP contribution in [-0.2, 0) is 11.8 Å². The van der Waals surface area contributed by atoms with Crippen molar-refractivity contribution >= 4 is 11.6 Å². The van der Waals surface area contributed by atoms with Crippen LogP contribution in [0.3, 0.4) is 0 Å². The topological polar surface area (TPSA) is 111 Å². The zero-order valence-electron chi connectivity index (χ0n) is 13.7. The number of aliphatic hydroxyl groups is 1. The Labute approximate surface area is 145 Å². The standard InChI is InChI=1S/C17H14FN3O5/c1-20-17(26)21(10-7-5-9(18)6-8-10)16(25)14(19-20)15(24)13-11(22)3-2-4-12(13)23/h5-8,22H,2-4H2,1H3. The maximum Gasteiger partial charge on any atom is 0.351 e. The van der Waals surface area contributed by atoms with Crippen molar-refractivity contribution in [3.63, 3.8) is 0 Å². The number of carbonyl (C=O) groups excluding carboxylic acids is 2. The third kappa shape index (κ3) is 2.87. The van der Waals surface area contributed by atoms with Crippen molar-refractivity contribution in [1.29, 1.82) is 0 Å². The van der Waals surface area contributed by atoms with E-state index in [4.69, 9.17) is 0 Å². The maximum absolute atomic E-state index is 13.1. The molecule has 1 aromatic carbocycles. The van der Waals surface area contributed by atoms with Crippen LogP contribution in [0.4, 0.5) is 4.39 Å². The summed E-state index contributed by atoms with van der Waals surface area (Å²) in [5, 5.41) is 13.6. The molecule has 1 N–H and O–H groups in total. The number of aliphatic hydroxyl groups excluding tert-OH is 1. The molecule has 9 heteroatoms. The van der Waals surface area contributed by atoms with E-state index in [1.165, 1.54) is 19.2 Å². The Morgan fingerprint density at radius 2 is 1.81 bits per heavy atom. The molecule has 0 unspecified atom stereocenters. The molecule has 0 atom stereocenters. The zero-order chi connectivity index (χ0) is 19.0. The quantitative estimate of drug-likeness (QED) is 0.641. The second-order valence-electron chi connectivity index (χ2n) is 5.80. The van der Waals surface area contributed by atoms with Crippen molar-refractivity contribution < 1.29 is 19.1 Å². The van der Waals surface area contributed by atoms with Gasteiger partial charge in [0.25, 0.3) is 5.56 Å². The second kappa shape index (κ2) is 6.51. The number of nitrogens with zero attached hydrogens (tertiary/aromatic N) is 3. The van der Waals surface area contributed by atoms with Crippen molar-refractivity contribution in [3.05, 3.63) is 67.9 Å². The van der Waals surface area contributed by atoms with Crippen LogP contribution >= 0.6 is 0 Å². The Morgan fingerprint density at radius 3 is 2.42 bits per heavy atom. The van der Waals surface area contributed by atoms with Crippen LogP contribution in [0.1, 0.15) is 29.8 Å². The van der Waals surface area contributed by atoms with Gasteiger partial charge in [-0.05, 0) is 30.7 Å². The molecule has 134 valence electrons. The molecule has 3 rings (SSSR count). The molecule has 0 spiro atoms. The van der Waals surface area contributed by atoms with Crippen LogP contribution in [-0.4, -0.2) is 31.0 Å². The molecular formula is C17H14FN3O5. The third-order valence-electron chi connectivity index (χ3n) is 4.04. The van der Waals surface area contributed by atoms with Gasteiger partial charge in [-0.15, -0.1) is 0 Å². The number of allylic oxidation sites excluding steroid dienone is 2. The first kappa shape index (κ1) is 17.5. The summed E-state index contributed by atoms with van der Waals surface area (Å²) in [7, 11) is 1.23. The molecule has 1 aliphatic rings. The minimum atomic E-state index is -1.05. The zero-order valence-corrected chi connectivity index (χ0v) is 13.7. The van der Waals surface area contributed by atoms with E-state index in [0.717, 1.165) is 16.8 Å². The highest BCUT2D eigenvalue weighted by atomic mass is 19.1. The normalized spacial score (nSPS) is 14.6. The van der Waals surface area contributed by atoms with E-state index >= 15 is 0 Å². The first-order valence-corrected chi connectivity index (χ1v) is 7.77. The summed E-state index contributed by atoms with van der Waals surface area (Å²) in [4.78, 5) is 49.6. The monoisotopic (exact) mass is 359 g/mol. The van der Waals surface area contributed by atoms with Gasteiger partial charge >= 0.3 is 5.69 Å². The molecule has 0 saturated carbocycles. The first-order chi connectivity index (χ1) is 12.3.